The molecule has 0 radical (unpaired) electrons. The molecule has 2 fully saturated rings. The molecule has 5 heterocycles. The van der Waals surface area contributed by atoms with Gasteiger partial charge in [0.2, 0.25) is 24.2 Å². The standard InChI is InChI=1S/C36H40N8O4/c1-48-24-36(35(46)39-29-7-8-31-30(21-29)33(41-40-31)27-11-18-44(47)19-12-27)13-20-42(23-36)22-32(45)43-16-9-26(10-17-43)25-3-5-28(6-4-25)34-37-14-2-15-38-34/h2-7,11-12,14-15,18-19,21,26,31,47H,8-10,13,16-17,20,22-24H2,1H3,(H,39,46)/p+1/t31?,36-/m1/s1. The minimum absolute atomic E-state index is 0.0309. The predicted molar refractivity (Wildman–Crippen MR) is 178 cm³/mol. The fourth-order valence-corrected chi connectivity index (χ4v) is 7.26. The number of hydrogen-bond donors (Lipinski definition) is 3. The number of carbonyl (C=O) groups is 2. The molecule has 0 bridgehead atoms. The lowest BCUT2D eigenvalue weighted by Crippen LogP contribution is -2.47. The zero-order chi connectivity index (χ0) is 33.1. The van der Waals surface area contributed by atoms with Gasteiger partial charge in [0.15, 0.2) is 5.82 Å². The van der Waals surface area contributed by atoms with E-state index in [-0.39, 0.29) is 24.5 Å². The fourth-order valence-electron chi connectivity index (χ4n) is 7.26. The number of aromatic nitrogens is 3. The van der Waals surface area contributed by atoms with Crippen LogP contribution >= 0.6 is 0 Å². The monoisotopic (exact) mass is 649 g/mol. The van der Waals surface area contributed by atoms with Gasteiger partial charge in [0.25, 0.3) is 0 Å². The zero-order valence-corrected chi connectivity index (χ0v) is 27.1. The van der Waals surface area contributed by atoms with Gasteiger partial charge >= 0.3 is 0 Å². The summed E-state index contributed by atoms with van der Waals surface area (Å²) >= 11 is 0. The number of methoxy groups -OCH3 is 1. The molecule has 3 N–H and O–H groups in total. The lowest BCUT2D eigenvalue weighted by molar-refractivity contribution is -0.904. The summed E-state index contributed by atoms with van der Waals surface area (Å²) in [4.78, 5) is 40.0. The van der Waals surface area contributed by atoms with E-state index in [1.807, 2.05) is 23.1 Å². The molecule has 4 aliphatic rings. The molecule has 12 nitrogen and oxygen atoms in total. The summed E-state index contributed by atoms with van der Waals surface area (Å²) in [6, 6.07) is 13.9. The molecular weight excluding hydrogens is 608 g/mol. The first kappa shape index (κ1) is 31.6. The molecule has 3 aromatic rings. The van der Waals surface area contributed by atoms with Gasteiger partial charge in [0.1, 0.15) is 0 Å². The molecule has 3 aliphatic heterocycles. The molecule has 1 aliphatic carbocycles. The van der Waals surface area contributed by atoms with Gasteiger partial charge in [0, 0.05) is 78.4 Å². The number of ether oxygens (including phenoxy) is 1. The van der Waals surface area contributed by atoms with Crippen molar-refractivity contribution < 1.29 is 24.3 Å². The molecule has 48 heavy (non-hydrogen) atoms. The van der Waals surface area contributed by atoms with Crippen LogP contribution in [0.3, 0.4) is 0 Å². The van der Waals surface area contributed by atoms with Crippen LogP contribution in [-0.2, 0) is 14.3 Å². The lowest BCUT2D eigenvalue weighted by atomic mass is 9.86. The highest BCUT2D eigenvalue weighted by molar-refractivity contribution is 6.14. The highest BCUT2D eigenvalue weighted by Gasteiger charge is 2.46. The molecule has 1 unspecified atom stereocenters. The van der Waals surface area contributed by atoms with E-state index in [0.717, 1.165) is 64.6 Å². The number of likely N-dealkylation sites (tertiary alicyclic amines) is 2. The first-order chi connectivity index (χ1) is 23.4. The Bertz CT molecular complexity index is 1730. The average molecular weight is 650 g/mol. The summed E-state index contributed by atoms with van der Waals surface area (Å²) in [7, 11) is 1.62. The molecule has 2 atom stereocenters. The maximum Gasteiger partial charge on any atom is 0.236 e. The van der Waals surface area contributed by atoms with Crippen LogP contribution in [0, 0.1) is 5.41 Å². The van der Waals surface area contributed by atoms with Crippen molar-refractivity contribution in [3.8, 4) is 11.4 Å². The number of pyridine rings is 1. The van der Waals surface area contributed by atoms with E-state index in [4.69, 9.17) is 4.74 Å². The first-order valence-electron chi connectivity index (χ1n) is 16.5. The number of benzene rings is 1. The maximum atomic E-state index is 13.8. The van der Waals surface area contributed by atoms with Gasteiger partial charge in [-0.25, -0.2) is 9.97 Å². The van der Waals surface area contributed by atoms with Crippen molar-refractivity contribution in [1.29, 1.82) is 0 Å². The SMILES string of the molecule is COC[C@@]1(C(=O)NC2=CCC3NN=C(c4cc[n+](O)cc4)C3=C2)CCN(CC(=O)N2CCC(c3ccc(-c4ncccn4)cc3)CC2)C1. The molecule has 0 saturated carbocycles. The van der Waals surface area contributed by atoms with Gasteiger partial charge in [-0.1, -0.05) is 30.3 Å². The van der Waals surface area contributed by atoms with Crippen LogP contribution in [0.2, 0.25) is 0 Å². The Morgan fingerprint density at radius 1 is 1.06 bits per heavy atom. The molecule has 1 aromatic carbocycles. The Kier molecular flexibility index (Phi) is 9.00. The number of nitrogens with one attached hydrogen (secondary N) is 2. The molecular formula is C36H41N8O4+. The van der Waals surface area contributed by atoms with E-state index < -0.39 is 5.41 Å². The van der Waals surface area contributed by atoms with Crippen molar-refractivity contribution in [3.63, 3.8) is 0 Å². The molecule has 2 amide bonds. The summed E-state index contributed by atoms with van der Waals surface area (Å²) in [6.07, 6.45) is 13.7. The fraction of sp³-hybridized carbons (Fsp3) is 0.389. The first-order valence-corrected chi connectivity index (χ1v) is 16.5. The minimum atomic E-state index is -0.756. The Morgan fingerprint density at radius 2 is 1.81 bits per heavy atom. The van der Waals surface area contributed by atoms with E-state index in [9.17, 15) is 14.8 Å². The van der Waals surface area contributed by atoms with Crippen molar-refractivity contribution in [2.45, 2.75) is 37.6 Å². The number of nitrogens with zero attached hydrogens (tertiary/aromatic N) is 6. The largest absolute Gasteiger partial charge is 0.384 e. The van der Waals surface area contributed by atoms with Crippen LogP contribution in [0.1, 0.15) is 42.7 Å². The van der Waals surface area contributed by atoms with Crippen molar-refractivity contribution in [1.82, 2.24) is 30.5 Å². The number of allylic oxidation sites excluding steroid dienone is 1. The second-order valence-corrected chi connectivity index (χ2v) is 13.1. The number of hydrogen-bond acceptors (Lipinski definition) is 9. The molecule has 2 aromatic heterocycles. The van der Waals surface area contributed by atoms with E-state index in [2.05, 4.69) is 55.0 Å². The number of carbonyl (C=O) groups excluding carboxylic acids is 2. The highest BCUT2D eigenvalue weighted by atomic mass is 16.5. The van der Waals surface area contributed by atoms with Crippen LogP contribution in [0.25, 0.3) is 11.4 Å². The van der Waals surface area contributed by atoms with Crippen molar-refractivity contribution in [2.75, 3.05) is 46.4 Å². The van der Waals surface area contributed by atoms with Gasteiger partial charge < -0.3 is 20.4 Å². The third kappa shape index (κ3) is 6.58. The summed E-state index contributed by atoms with van der Waals surface area (Å²) in [6.45, 7) is 3.11. The molecule has 7 rings (SSSR count). The molecule has 248 valence electrons. The quantitative estimate of drug-likeness (QED) is 0.238. The van der Waals surface area contributed by atoms with E-state index >= 15 is 0 Å². The maximum absolute atomic E-state index is 13.8. The van der Waals surface area contributed by atoms with Crippen LogP contribution in [0.5, 0.6) is 0 Å². The van der Waals surface area contributed by atoms with E-state index in [1.165, 1.54) is 5.56 Å². The Hall–Kier alpha value is -4.94. The van der Waals surface area contributed by atoms with E-state index in [1.54, 1.807) is 44.0 Å². The molecule has 0 spiro atoms. The summed E-state index contributed by atoms with van der Waals surface area (Å²) in [5.74, 6) is 1.14. The van der Waals surface area contributed by atoms with Crippen LogP contribution in [0.15, 0.2) is 95.8 Å². The van der Waals surface area contributed by atoms with Crippen LogP contribution in [0.4, 0.5) is 0 Å². The summed E-state index contributed by atoms with van der Waals surface area (Å²) in [5.41, 5.74) is 8.08. The van der Waals surface area contributed by atoms with E-state index in [0.29, 0.717) is 38.4 Å². The second-order valence-electron chi connectivity index (χ2n) is 13.1. The number of rotatable bonds is 9. The third-order valence-corrected chi connectivity index (χ3v) is 9.96. The normalized spacial score (nSPS) is 22.7. The topological polar surface area (TPSA) is 136 Å². The molecule has 2 saturated heterocycles. The van der Waals surface area contributed by atoms with Crippen molar-refractivity contribution in [3.05, 3.63) is 102 Å². The smallest absolute Gasteiger partial charge is 0.236 e. The minimum Gasteiger partial charge on any atom is -0.384 e. The second kappa shape index (κ2) is 13.7. The number of hydrazone groups is 1. The average Bonchev–Trinajstić information content (AvgIpc) is 3.74. The Labute approximate surface area is 279 Å². The van der Waals surface area contributed by atoms with Gasteiger partial charge in [-0.2, -0.15) is 5.10 Å². The van der Waals surface area contributed by atoms with Gasteiger partial charge in [-0.15, -0.1) is 0 Å². The highest BCUT2D eigenvalue weighted by Crippen LogP contribution is 2.34. The Morgan fingerprint density at radius 3 is 2.54 bits per heavy atom. The number of fused-ring (bicyclic) bond motifs is 1. The van der Waals surface area contributed by atoms with Crippen molar-refractivity contribution in [2.24, 2.45) is 10.5 Å². The zero-order valence-electron chi connectivity index (χ0n) is 27.1. The summed E-state index contributed by atoms with van der Waals surface area (Å²) < 4.78 is 6.56. The van der Waals surface area contributed by atoms with Gasteiger partial charge in [0.05, 0.1) is 30.3 Å². The van der Waals surface area contributed by atoms with Gasteiger partial charge in [-0.05, 0) is 55.9 Å². The third-order valence-electron chi connectivity index (χ3n) is 9.96. The van der Waals surface area contributed by atoms with Crippen LogP contribution < -0.4 is 15.5 Å². The van der Waals surface area contributed by atoms with Crippen molar-refractivity contribution >= 4 is 17.5 Å². The number of piperidine rings is 1. The Balaban J connectivity index is 0.930. The lowest BCUT2D eigenvalue weighted by Gasteiger charge is -2.33. The summed E-state index contributed by atoms with van der Waals surface area (Å²) in [5, 5.41) is 17.3. The number of amides is 2. The predicted octanol–water partition coefficient (Wildman–Crippen LogP) is 2.42. The molecule has 12 heteroatoms. The van der Waals surface area contributed by atoms with Gasteiger partial charge in [-0.3, -0.25) is 19.7 Å². The van der Waals surface area contributed by atoms with Crippen LogP contribution in [-0.4, -0.2) is 95.0 Å².